The number of hydrogen-bond donors (Lipinski definition) is 0. The molecule has 0 aromatic rings. The highest BCUT2D eigenvalue weighted by molar-refractivity contribution is 7.85. The molecule has 1 atom stereocenters. The molecule has 0 aliphatic heterocycles. The zero-order valence-electron chi connectivity index (χ0n) is 13.2. The van der Waals surface area contributed by atoms with E-state index in [-0.39, 0.29) is 24.7 Å². The fraction of sp³-hybridized carbons (Fsp3) is 1.00. The molecule has 0 fully saturated rings. The Bertz CT molecular complexity index is 333. The quantitative estimate of drug-likeness (QED) is 0.425. The van der Waals surface area contributed by atoms with Gasteiger partial charge in [-0.05, 0) is 12.3 Å². The van der Waals surface area contributed by atoms with Crippen molar-refractivity contribution in [2.24, 2.45) is 5.41 Å². The van der Waals surface area contributed by atoms with Crippen LogP contribution >= 0.6 is 0 Å². The zero-order chi connectivity index (χ0) is 15.6. The van der Waals surface area contributed by atoms with Gasteiger partial charge >= 0.3 is 0 Å². The molecule has 0 amide bonds. The van der Waals surface area contributed by atoms with Crippen molar-refractivity contribution in [3.8, 4) is 0 Å². The number of rotatable bonds is 11. The Morgan fingerprint density at radius 3 is 2.15 bits per heavy atom. The second-order valence-electron chi connectivity index (χ2n) is 5.90. The lowest BCUT2D eigenvalue weighted by molar-refractivity contribution is -0.0349. The Labute approximate surface area is 122 Å². The van der Waals surface area contributed by atoms with Gasteiger partial charge in [0, 0.05) is 0 Å². The minimum absolute atomic E-state index is 0.0257. The Hall–Kier alpha value is -0.210. The first-order chi connectivity index (χ1) is 9.10. The summed E-state index contributed by atoms with van der Waals surface area (Å²) in [6, 6.07) is 0. The normalized spacial score (nSPS) is 14.4. The molecule has 0 saturated heterocycles. The van der Waals surface area contributed by atoms with Crippen LogP contribution in [0.15, 0.2) is 0 Å². The van der Waals surface area contributed by atoms with E-state index in [0.717, 1.165) is 6.26 Å². The van der Waals surface area contributed by atoms with Gasteiger partial charge in [-0.1, -0.05) is 20.8 Å². The van der Waals surface area contributed by atoms with E-state index >= 15 is 0 Å². The van der Waals surface area contributed by atoms with Crippen LogP contribution in [0.1, 0.15) is 27.7 Å². The third-order valence-electron chi connectivity index (χ3n) is 2.04. The largest absolute Gasteiger partial charge is 0.379 e. The van der Waals surface area contributed by atoms with E-state index in [4.69, 9.17) is 14.2 Å². The lowest BCUT2D eigenvalue weighted by Gasteiger charge is -2.18. The fourth-order valence-corrected chi connectivity index (χ4v) is 1.60. The summed E-state index contributed by atoms with van der Waals surface area (Å²) in [5, 5.41) is 0. The van der Waals surface area contributed by atoms with Crippen molar-refractivity contribution < 1.29 is 26.8 Å². The third kappa shape index (κ3) is 15.8. The lowest BCUT2D eigenvalue weighted by atomic mass is 9.99. The summed E-state index contributed by atoms with van der Waals surface area (Å²) in [5.74, 6) is 0. The number of hydrogen-bond acceptors (Lipinski definition) is 6. The lowest BCUT2D eigenvalue weighted by Crippen LogP contribution is -2.21. The molecular formula is C13H28O6S. The molecule has 6 nitrogen and oxygen atoms in total. The van der Waals surface area contributed by atoms with Crippen molar-refractivity contribution in [2.45, 2.75) is 33.8 Å². The molecule has 0 heterocycles. The van der Waals surface area contributed by atoms with Crippen molar-refractivity contribution >= 4 is 10.1 Å². The molecule has 0 rings (SSSR count). The monoisotopic (exact) mass is 312 g/mol. The summed E-state index contributed by atoms with van der Waals surface area (Å²) in [4.78, 5) is 0. The van der Waals surface area contributed by atoms with E-state index in [1.165, 1.54) is 0 Å². The van der Waals surface area contributed by atoms with Gasteiger partial charge < -0.3 is 14.2 Å². The van der Waals surface area contributed by atoms with E-state index in [1.54, 1.807) is 0 Å². The summed E-state index contributed by atoms with van der Waals surface area (Å²) in [5.41, 5.74) is 0.163. The smallest absolute Gasteiger partial charge is 0.264 e. The molecule has 0 spiro atoms. The summed E-state index contributed by atoms with van der Waals surface area (Å²) >= 11 is 0. The van der Waals surface area contributed by atoms with Crippen LogP contribution in [0.25, 0.3) is 0 Å². The Morgan fingerprint density at radius 1 is 1.00 bits per heavy atom. The van der Waals surface area contributed by atoms with Crippen LogP contribution in [0.5, 0.6) is 0 Å². The molecule has 122 valence electrons. The third-order valence-corrected chi connectivity index (χ3v) is 2.64. The van der Waals surface area contributed by atoms with Crippen LogP contribution in [-0.2, 0) is 28.5 Å². The van der Waals surface area contributed by atoms with E-state index in [0.29, 0.717) is 26.4 Å². The van der Waals surface area contributed by atoms with Crippen LogP contribution in [0.3, 0.4) is 0 Å². The van der Waals surface area contributed by atoms with Crippen molar-refractivity contribution in [1.29, 1.82) is 0 Å². The second kappa shape index (κ2) is 9.68. The van der Waals surface area contributed by atoms with Gasteiger partial charge in [-0.3, -0.25) is 4.18 Å². The van der Waals surface area contributed by atoms with Crippen LogP contribution in [0.4, 0.5) is 0 Å². The van der Waals surface area contributed by atoms with Gasteiger partial charge in [0.25, 0.3) is 10.1 Å². The van der Waals surface area contributed by atoms with Crippen molar-refractivity contribution in [1.82, 2.24) is 0 Å². The van der Waals surface area contributed by atoms with Gasteiger partial charge in [0.15, 0.2) is 0 Å². The molecule has 0 bridgehead atoms. The molecular weight excluding hydrogens is 284 g/mol. The molecule has 0 radical (unpaired) electrons. The first-order valence-corrected chi connectivity index (χ1v) is 8.53. The van der Waals surface area contributed by atoms with E-state index in [9.17, 15) is 8.42 Å². The van der Waals surface area contributed by atoms with E-state index in [2.05, 4.69) is 25.0 Å². The summed E-state index contributed by atoms with van der Waals surface area (Å²) < 4.78 is 42.2. The van der Waals surface area contributed by atoms with Crippen molar-refractivity contribution in [3.05, 3.63) is 0 Å². The van der Waals surface area contributed by atoms with Crippen molar-refractivity contribution in [2.75, 3.05) is 45.9 Å². The van der Waals surface area contributed by atoms with Gasteiger partial charge in [0.1, 0.15) is 0 Å². The molecule has 20 heavy (non-hydrogen) atoms. The minimum Gasteiger partial charge on any atom is -0.379 e. The predicted molar refractivity (Wildman–Crippen MR) is 77.3 cm³/mol. The summed E-state index contributed by atoms with van der Waals surface area (Å²) in [6.45, 7) is 10.7. The van der Waals surface area contributed by atoms with Gasteiger partial charge in [0.2, 0.25) is 0 Å². The second-order valence-corrected chi connectivity index (χ2v) is 7.54. The summed E-state index contributed by atoms with van der Waals surface area (Å²) in [6.07, 6.45) is 0.901. The van der Waals surface area contributed by atoms with Crippen LogP contribution < -0.4 is 0 Å². The fourth-order valence-electron chi connectivity index (χ4n) is 1.23. The maximum absolute atomic E-state index is 10.7. The standard InChI is InChI=1S/C13H28O6S/c1-12(18-8-9-19-20(5,14)15)10-16-6-7-17-11-13(2,3)4/h12H,6-11H2,1-5H3. The van der Waals surface area contributed by atoms with Crippen LogP contribution in [0, 0.1) is 5.41 Å². The van der Waals surface area contributed by atoms with Crippen LogP contribution in [0.2, 0.25) is 0 Å². The topological polar surface area (TPSA) is 71.1 Å². The summed E-state index contributed by atoms with van der Waals surface area (Å²) in [7, 11) is -3.39. The minimum atomic E-state index is -3.39. The van der Waals surface area contributed by atoms with Crippen molar-refractivity contribution in [3.63, 3.8) is 0 Å². The molecule has 0 aromatic heterocycles. The molecule has 0 aliphatic rings. The highest BCUT2D eigenvalue weighted by Crippen LogP contribution is 2.12. The molecule has 0 aromatic carbocycles. The Balaban J connectivity index is 3.39. The molecule has 7 heteroatoms. The zero-order valence-corrected chi connectivity index (χ0v) is 14.0. The molecule has 1 unspecified atom stereocenters. The van der Waals surface area contributed by atoms with Crippen LogP contribution in [-0.4, -0.2) is 60.4 Å². The SMILES string of the molecule is CC(COCCOCC(C)(C)C)OCCOS(C)(=O)=O. The average molecular weight is 312 g/mol. The highest BCUT2D eigenvalue weighted by Gasteiger charge is 2.09. The first-order valence-electron chi connectivity index (χ1n) is 6.72. The maximum Gasteiger partial charge on any atom is 0.264 e. The number of ether oxygens (including phenoxy) is 3. The maximum atomic E-state index is 10.7. The van der Waals surface area contributed by atoms with E-state index in [1.807, 2.05) is 6.92 Å². The van der Waals surface area contributed by atoms with E-state index < -0.39 is 10.1 Å². The van der Waals surface area contributed by atoms with Gasteiger partial charge in [-0.2, -0.15) is 8.42 Å². The Kier molecular flexibility index (Phi) is 9.58. The predicted octanol–water partition coefficient (Wildman–Crippen LogP) is 1.45. The van der Waals surface area contributed by atoms with Gasteiger partial charge in [-0.15, -0.1) is 0 Å². The first kappa shape index (κ1) is 19.8. The average Bonchev–Trinajstić information content (AvgIpc) is 2.26. The van der Waals surface area contributed by atoms with Gasteiger partial charge in [-0.25, -0.2) is 0 Å². The highest BCUT2D eigenvalue weighted by atomic mass is 32.2. The Morgan fingerprint density at radius 2 is 1.60 bits per heavy atom. The molecule has 0 N–H and O–H groups in total. The molecule has 0 aliphatic carbocycles. The van der Waals surface area contributed by atoms with Gasteiger partial charge in [0.05, 0.1) is 52.0 Å². The molecule has 0 saturated carbocycles.